The summed E-state index contributed by atoms with van der Waals surface area (Å²) in [5.74, 6) is 0. The zero-order valence-electron chi connectivity index (χ0n) is 12.2. The second-order valence-electron chi connectivity index (χ2n) is 5.33. The van der Waals surface area contributed by atoms with Crippen molar-refractivity contribution >= 4 is 12.1 Å². The molecule has 3 rings (SSSR count). The minimum absolute atomic E-state index is 0.212. The van der Waals surface area contributed by atoms with Gasteiger partial charge >= 0.3 is 0 Å². The molecule has 1 saturated heterocycles. The summed E-state index contributed by atoms with van der Waals surface area (Å²) in [5, 5.41) is 0. The molecule has 19 heavy (non-hydrogen) atoms. The number of carbonyl (C=O) groups is 1. The van der Waals surface area contributed by atoms with E-state index in [0.29, 0.717) is 0 Å². The minimum Gasteiger partial charge on any atom is -0.314 e. The molecule has 0 bridgehead atoms. The van der Waals surface area contributed by atoms with Crippen LogP contribution >= 0.6 is 0 Å². The Morgan fingerprint density at radius 1 is 1.16 bits per heavy atom. The summed E-state index contributed by atoms with van der Waals surface area (Å²) < 4.78 is 0. The molecule has 0 aliphatic carbocycles. The monoisotopic (exact) mass is 260 g/mol. The normalized spacial score (nSPS) is 20.7. The number of hydrogen-bond donors (Lipinski definition) is 0. The predicted molar refractivity (Wildman–Crippen MR) is 79.6 cm³/mol. The molecular weight excluding hydrogens is 236 g/mol. The lowest BCUT2D eigenvalue weighted by molar-refractivity contribution is -0.107. The third-order valence-electron chi connectivity index (χ3n) is 4.33. The smallest absolute Gasteiger partial charge is 0.214 e. The Balaban J connectivity index is 0.000000637. The van der Waals surface area contributed by atoms with Gasteiger partial charge in [-0.25, -0.2) is 0 Å². The number of fused-ring (bicyclic) bond motifs is 2. The first-order valence-electron chi connectivity index (χ1n) is 7.25. The lowest BCUT2D eigenvalue weighted by Crippen LogP contribution is -2.43. The maximum absolute atomic E-state index is 11.2. The summed E-state index contributed by atoms with van der Waals surface area (Å²) in [7, 11) is 2.17. The summed E-state index contributed by atoms with van der Waals surface area (Å²) in [6.07, 6.45) is 3.29. The van der Waals surface area contributed by atoms with Crippen LogP contribution in [0.5, 0.6) is 0 Å². The van der Waals surface area contributed by atoms with Gasteiger partial charge in [-0.1, -0.05) is 32.0 Å². The molecular formula is C16H24N2O. The molecule has 2 heterocycles. The molecule has 0 unspecified atom stereocenters. The van der Waals surface area contributed by atoms with Crippen LogP contribution in [0, 0.1) is 0 Å². The quantitative estimate of drug-likeness (QED) is 0.725. The summed E-state index contributed by atoms with van der Waals surface area (Å²) in [4.78, 5) is 15.4. The van der Waals surface area contributed by atoms with Crippen LogP contribution in [0.25, 0.3) is 0 Å². The van der Waals surface area contributed by atoms with Crippen LogP contribution in [0.2, 0.25) is 0 Å². The summed E-state index contributed by atoms with van der Waals surface area (Å²) >= 11 is 0. The Hall–Kier alpha value is -1.35. The van der Waals surface area contributed by atoms with E-state index in [-0.39, 0.29) is 5.41 Å². The number of amides is 1. The van der Waals surface area contributed by atoms with Gasteiger partial charge in [0.05, 0.1) is 0 Å². The Morgan fingerprint density at radius 2 is 1.79 bits per heavy atom. The molecule has 1 aromatic carbocycles. The number of hydrogen-bond acceptors (Lipinski definition) is 2. The van der Waals surface area contributed by atoms with Crippen LogP contribution in [-0.2, 0) is 10.2 Å². The number of likely N-dealkylation sites (tertiary alicyclic amines) is 1. The molecule has 0 radical (unpaired) electrons. The summed E-state index contributed by atoms with van der Waals surface area (Å²) in [5.41, 5.74) is 2.71. The van der Waals surface area contributed by atoms with E-state index in [1.165, 1.54) is 5.56 Å². The first kappa shape index (κ1) is 14.1. The number of piperidine rings is 1. The lowest BCUT2D eigenvalue weighted by atomic mass is 9.74. The number of anilines is 1. The van der Waals surface area contributed by atoms with Gasteiger partial charge in [0.1, 0.15) is 0 Å². The molecule has 1 fully saturated rings. The average molecular weight is 260 g/mol. The van der Waals surface area contributed by atoms with E-state index in [1.807, 2.05) is 24.8 Å². The molecule has 1 aromatic rings. The van der Waals surface area contributed by atoms with Crippen LogP contribution in [-0.4, -0.2) is 38.0 Å². The highest BCUT2D eigenvalue weighted by Gasteiger charge is 2.43. The van der Waals surface area contributed by atoms with E-state index < -0.39 is 0 Å². The van der Waals surface area contributed by atoms with Gasteiger partial charge in [0, 0.05) is 17.6 Å². The highest BCUT2D eigenvalue weighted by molar-refractivity contribution is 5.81. The number of rotatable bonds is 1. The van der Waals surface area contributed by atoms with Crippen LogP contribution in [0.15, 0.2) is 24.3 Å². The van der Waals surface area contributed by atoms with E-state index in [1.54, 1.807) is 0 Å². The van der Waals surface area contributed by atoms with Crippen LogP contribution in [0.4, 0.5) is 5.69 Å². The summed E-state index contributed by atoms with van der Waals surface area (Å²) in [6.45, 7) is 7.12. The fourth-order valence-corrected chi connectivity index (χ4v) is 3.24. The first-order valence-corrected chi connectivity index (χ1v) is 7.25. The Labute approximate surface area is 116 Å². The largest absolute Gasteiger partial charge is 0.314 e. The van der Waals surface area contributed by atoms with Crippen molar-refractivity contribution in [2.24, 2.45) is 0 Å². The fraction of sp³-hybridized carbons (Fsp3) is 0.562. The van der Waals surface area contributed by atoms with E-state index in [4.69, 9.17) is 0 Å². The molecule has 2 aliphatic rings. The van der Waals surface area contributed by atoms with Gasteiger partial charge in [0.2, 0.25) is 6.41 Å². The van der Waals surface area contributed by atoms with Crippen molar-refractivity contribution in [3.05, 3.63) is 29.8 Å². The third kappa shape index (κ3) is 2.39. The van der Waals surface area contributed by atoms with Gasteiger partial charge in [-0.15, -0.1) is 0 Å². The van der Waals surface area contributed by atoms with Crippen molar-refractivity contribution in [2.45, 2.75) is 32.1 Å². The van der Waals surface area contributed by atoms with Crippen molar-refractivity contribution in [3.8, 4) is 0 Å². The van der Waals surface area contributed by atoms with Gasteiger partial charge in [-0.05, 0) is 44.6 Å². The van der Waals surface area contributed by atoms with Gasteiger partial charge in [0.15, 0.2) is 0 Å². The summed E-state index contributed by atoms with van der Waals surface area (Å²) in [6, 6.07) is 8.37. The maximum Gasteiger partial charge on any atom is 0.214 e. The number of para-hydroxylation sites is 1. The Kier molecular flexibility index (Phi) is 4.25. The van der Waals surface area contributed by atoms with Crippen molar-refractivity contribution in [1.29, 1.82) is 0 Å². The van der Waals surface area contributed by atoms with Crippen molar-refractivity contribution in [3.63, 3.8) is 0 Å². The highest BCUT2D eigenvalue weighted by Crippen LogP contribution is 2.46. The van der Waals surface area contributed by atoms with E-state index in [2.05, 4.69) is 30.1 Å². The zero-order chi connectivity index (χ0) is 13.9. The molecule has 1 amide bonds. The molecule has 3 heteroatoms. The molecule has 0 atom stereocenters. The standard InChI is InChI=1S/C14H18N2O.C2H6/c1-15-8-6-14(7-9-15)10-16(11-17)13-5-3-2-4-12(13)14;1-2/h2-5,11H,6-10H2,1H3;1-2H3. The third-order valence-corrected chi connectivity index (χ3v) is 4.33. The van der Waals surface area contributed by atoms with Gasteiger partial charge < -0.3 is 9.80 Å². The van der Waals surface area contributed by atoms with Crippen molar-refractivity contribution < 1.29 is 4.79 Å². The average Bonchev–Trinajstić information content (AvgIpc) is 2.79. The SMILES string of the molecule is CC.CN1CCC2(CC1)CN(C=O)c1ccccc12. The molecule has 2 aliphatic heterocycles. The molecule has 1 spiro atoms. The van der Waals surface area contributed by atoms with E-state index in [0.717, 1.165) is 44.6 Å². The Morgan fingerprint density at radius 3 is 2.42 bits per heavy atom. The van der Waals surface area contributed by atoms with E-state index in [9.17, 15) is 4.79 Å². The Bertz CT molecular complexity index is 436. The lowest BCUT2D eigenvalue weighted by Gasteiger charge is -2.38. The minimum atomic E-state index is 0.212. The molecule has 104 valence electrons. The van der Waals surface area contributed by atoms with E-state index >= 15 is 0 Å². The first-order chi connectivity index (χ1) is 9.25. The van der Waals surface area contributed by atoms with Gasteiger partial charge in [-0.3, -0.25) is 4.79 Å². The molecule has 3 nitrogen and oxygen atoms in total. The van der Waals surface area contributed by atoms with Crippen LogP contribution in [0.3, 0.4) is 0 Å². The van der Waals surface area contributed by atoms with Crippen LogP contribution < -0.4 is 4.90 Å². The van der Waals surface area contributed by atoms with Gasteiger partial charge in [0.25, 0.3) is 0 Å². The zero-order valence-corrected chi connectivity index (χ0v) is 12.2. The maximum atomic E-state index is 11.2. The fourth-order valence-electron chi connectivity index (χ4n) is 3.24. The number of carbonyl (C=O) groups excluding carboxylic acids is 1. The van der Waals surface area contributed by atoms with Crippen molar-refractivity contribution in [1.82, 2.24) is 4.90 Å². The second-order valence-corrected chi connectivity index (χ2v) is 5.33. The number of nitrogens with zero attached hydrogens (tertiary/aromatic N) is 2. The molecule has 0 saturated carbocycles. The topological polar surface area (TPSA) is 23.6 Å². The highest BCUT2D eigenvalue weighted by atomic mass is 16.1. The van der Waals surface area contributed by atoms with Gasteiger partial charge in [-0.2, -0.15) is 0 Å². The second kappa shape index (κ2) is 5.74. The molecule has 0 N–H and O–H groups in total. The van der Waals surface area contributed by atoms with Crippen molar-refractivity contribution in [2.75, 3.05) is 31.6 Å². The molecule has 0 aromatic heterocycles. The van der Waals surface area contributed by atoms with Crippen LogP contribution in [0.1, 0.15) is 32.3 Å². The number of benzene rings is 1. The predicted octanol–water partition coefficient (Wildman–Crippen LogP) is 2.65.